The largest absolute Gasteiger partial charge is 0.381 e. The molecule has 1 N–H and O–H groups in total. The van der Waals surface area contributed by atoms with Crippen molar-refractivity contribution < 1.29 is 14.3 Å². The summed E-state index contributed by atoms with van der Waals surface area (Å²) in [5, 5.41) is 2.91. The fraction of sp³-hybridized carbons (Fsp3) is 0.917. The lowest BCUT2D eigenvalue weighted by Crippen LogP contribution is -2.36. The Balaban J connectivity index is 2.09. The van der Waals surface area contributed by atoms with E-state index in [0.717, 1.165) is 32.6 Å². The zero-order valence-electron chi connectivity index (χ0n) is 10.5. The molecule has 0 aromatic carbocycles. The summed E-state index contributed by atoms with van der Waals surface area (Å²) in [6, 6.07) is 0. The predicted molar refractivity (Wildman–Crippen MR) is 62.3 cm³/mol. The lowest BCUT2D eigenvalue weighted by atomic mass is 10.0. The first-order valence-electron chi connectivity index (χ1n) is 5.96. The smallest absolute Gasteiger partial charge is 0.246 e. The molecule has 1 heterocycles. The van der Waals surface area contributed by atoms with Gasteiger partial charge in [0.05, 0.1) is 5.60 Å². The van der Waals surface area contributed by atoms with Gasteiger partial charge in [0.1, 0.15) is 6.61 Å². The normalized spacial score (nSPS) is 18.4. The van der Waals surface area contributed by atoms with Gasteiger partial charge < -0.3 is 14.8 Å². The van der Waals surface area contributed by atoms with E-state index in [1.54, 1.807) is 0 Å². The standard InChI is InChI=1S/C12H23NO3/c1-12(2,3)16-9-11(14)13-8-10-4-6-15-7-5-10/h10H,4-9H2,1-3H3,(H,13,14). The predicted octanol–water partition coefficient (Wildman–Crippen LogP) is 1.34. The second kappa shape index (κ2) is 6.21. The third-order valence-corrected chi connectivity index (χ3v) is 2.57. The highest BCUT2D eigenvalue weighted by atomic mass is 16.5. The molecule has 0 radical (unpaired) electrons. The van der Waals surface area contributed by atoms with E-state index < -0.39 is 0 Å². The van der Waals surface area contributed by atoms with E-state index in [1.807, 2.05) is 20.8 Å². The minimum Gasteiger partial charge on any atom is -0.381 e. The minimum absolute atomic E-state index is 0.0265. The van der Waals surface area contributed by atoms with Crippen molar-refractivity contribution in [3.63, 3.8) is 0 Å². The summed E-state index contributed by atoms with van der Waals surface area (Å²) >= 11 is 0. The van der Waals surface area contributed by atoms with Gasteiger partial charge >= 0.3 is 0 Å². The van der Waals surface area contributed by atoms with Crippen LogP contribution in [0.4, 0.5) is 0 Å². The Morgan fingerprint density at radius 1 is 1.38 bits per heavy atom. The summed E-state index contributed by atoms with van der Waals surface area (Å²) in [7, 11) is 0. The van der Waals surface area contributed by atoms with Crippen molar-refractivity contribution >= 4 is 5.91 Å². The molecule has 0 spiro atoms. The van der Waals surface area contributed by atoms with E-state index in [-0.39, 0.29) is 18.1 Å². The maximum Gasteiger partial charge on any atom is 0.246 e. The Bertz CT molecular complexity index is 217. The molecule has 4 nitrogen and oxygen atoms in total. The van der Waals surface area contributed by atoms with Crippen molar-refractivity contribution in [3.05, 3.63) is 0 Å². The van der Waals surface area contributed by atoms with Crippen LogP contribution in [0.2, 0.25) is 0 Å². The highest BCUT2D eigenvalue weighted by Gasteiger charge is 2.16. The first-order chi connectivity index (χ1) is 7.47. The summed E-state index contributed by atoms with van der Waals surface area (Å²) in [5.74, 6) is 0.536. The third-order valence-electron chi connectivity index (χ3n) is 2.57. The summed E-state index contributed by atoms with van der Waals surface area (Å²) in [5.41, 5.74) is -0.254. The fourth-order valence-electron chi connectivity index (χ4n) is 1.54. The number of ether oxygens (including phenoxy) is 2. The highest BCUT2D eigenvalue weighted by Crippen LogP contribution is 2.13. The lowest BCUT2D eigenvalue weighted by Gasteiger charge is -2.23. The number of hydrogen-bond donors (Lipinski definition) is 1. The lowest BCUT2D eigenvalue weighted by molar-refractivity contribution is -0.130. The second-order valence-electron chi connectivity index (χ2n) is 5.26. The van der Waals surface area contributed by atoms with Crippen molar-refractivity contribution in [2.75, 3.05) is 26.4 Å². The Kier molecular flexibility index (Phi) is 5.22. The summed E-state index contributed by atoms with van der Waals surface area (Å²) in [6.45, 7) is 8.36. The van der Waals surface area contributed by atoms with Crippen LogP contribution in [0.3, 0.4) is 0 Å². The molecule has 0 atom stereocenters. The SMILES string of the molecule is CC(C)(C)OCC(=O)NCC1CCOCC1. The van der Waals surface area contributed by atoms with Crippen LogP contribution in [0.15, 0.2) is 0 Å². The third kappa shape index (κ3) is 6.08. The molecule has 94 valence electrons. The summed E-state index contributed by atoms with van der Waals surface area (Å²) in [4.78, 5) is 11.5. The Morgan fingerprint density at radius 3 is 2.56 bits per heavy atom. The van der Waals surface area contributed by atoms with Gasteiger partial charge in [-0.15, -0.1) is 0 Å². The molecule has 4 heteroatoms. The van der Waals surface area contributed by atoms with Crippen LogP contribution in [-0.2, 0) is 14.3 Å². The van der Waals surface area contributed by atoms with Gasteiger partial charge in [-0.1, -0.05) is 0 Å². The first kappa shape index (κ1) is 13.5. The molecule has 0 aromatic rings. The van der Waals surface area contributed by atoms with Gasteiger partial charge in [0.15, 0.2) is 0 Å². The minimum atomic E-state index is -0.254. The molecular formula is C12H23NO3. The molecule has 16 heavy (non-hydrogen) atoms. The van der Waals surface area contributed by atoms with Gasteiger partial charge in [-0.05, 0) is 39.5 Å². The molecule has 1 fully saturated rings. The van der Waals surface area contributed by atoms with Gasteiger partial charge in [0, 0.05) is 19.8 Å². The van der Waals surface area contributed by atoms with Crippen LogP contribution in [0.1, 0.15) is 33.6 Å². The van der Waals surface area contributed by atoms with Gasteiger partial charge in [0.25, 0.3) is 0 Å². The maximum atomic E-state index is 11.5. The van der Waals surface area contributed by atoms with Crippen molar-refractivity contribution in [2.45, 2.75) is 39.2 Å². The molecule has 1 rings (SSSR count). The van der Waals surface area contributed by atoms with Crippen LogP contribution < -0.4 is 5.32 Å². The zero-order chi connectivity index (χ0) is 12.0. The van der Waals surface area contributed by atoms with E-state index in [1.165, 1.54) is 0 Å². The van der Waals surface area contributed by atoms with Gasteiger partial charge in [0.2, 0.25) is 5.91 Å². The van der Waals surface area contributed by atoms with E-state index in [0.29, 0.717) is 5.92 Å². The summed E-state index contributed by atoms with van der Waals surface area (Å²) < 4.78 is 10.7. The van der Waals surface area contributed by atoms with Crippen molar-refractivity contribution in [1.29, 1.82) is 0 Å². The van der Waals surface area contributed by atoms with Gasteiger partial charge in [-0.25, -0.2) is 0 Å². The molecule has 1 aliphatic heterocycles. The first-order valence-corrected chi connectivity index (χ1v) is 5.96. The monoisotopic (exact) mass is 229 g/mol. The van der Waals surface area contributed by atoms with E-state index in [4.69, 9.17) is 9.47 Å². The van der Waals surface area contributed by atoms with Crippen molar-refractivity contribution in [3.8, 4) is 0 Å². The summed E-state index contributed by atoms with van der Waals surface area (Å²) in [6.07, 6.45) is 2.08. The number of amides is 1. The van der Waals surface area contributed by atoms with Crippen molar-refractivity contribution in [1.82, 2.24) is 5.32 Å². The molecule has 1 saturated heterocycles. The van der Waals surface area contributed by atoms with Crippen LogP contribution in [0, 0.1) is 5.92 Å². The number of rotatable bonds is 4. The molecule has 0 aliphatic carbocycles. The average molecular weight is 229 g/mol. The Morgan fingerprint density at radius 2 is 2.00 bits per heavy atom. The molecule has 0 bridgehead atoms. The quantitative estimate of drug-likeness (QED) is 0.791. The van der Waals surface area contributed by atoms with E-state index >= 15 is 0 Å². The average Bonchev–Trinajstić information content (AvgIpc) is 2.24. The Hall–Kier alpha value is -0.610. The number of hydrogen-bond acceptors (Lipinski definition) is 3. The van der Waals surface area contributed by atoms with Gasteiger partial charge in [-0.3, -0.25) is 4.79 Å². The molecule has 0 aromatic heterocycles. The maximum absolute atomic E-state index is 11.5. The van der Waals surface area contributed by atoms with Crippen LogP contribution in [-0.4, -0.2) is 37.9 Å². The fourth-order valence-corrected chi connectivity index (χ4v) is 1.54. The van der Waals surface area contributed by atoms with Crippen LogP contribution >= 0.6 is 0 Å². The van der Waals surface area contributed by atoms with Gasteiger partial charge in [-0.2, -0.15) is 0 Å². The number of nitrogens with one attached hydrogen (secondary N) is 1. The van der Waals surface area contributed by atoms with Crippen LogP contribution in [0.25, 0.3) is 0 Å². The van der Waals surface area contributed by atoms with E-state index in [2.05, 4.69) is 5.32 Å². The topological polar surface area (TPSA) is 47.6 Å². The number of carbonyl (C=O) groups is 1. The molecule has 1 aliphatic rings. The molecule has 1 amide bonds. The second-order valence-corrected chi connectivity index (χ2v) is 5.26. The Labute approximate surface area is 97.7 Å². The van der Waals surface area contributed by atoms with Crippen molar-refractivity contribution in [2.24, 2.45) is 5.92 Å². The molecule has 0 unspecified atom stereocenters. The molecule has 0 saturated carbocycles. The highest BCUT2D eigenvalue weighted by molar-refractivity contribution is 5.77. The number of carbonyl (C=O) groups excluding carboxylic acids is 1. The zero-order valence-corrected chi connectivity index (χ0v) is 10.5. The molecular weight excluding hydrogens is 206 g/mol. The van der Waals surface area contributed by atoms with E-state index in [9.17, 15) is 4.79 Å². The van der Waals surface area contributed by atoms with Crippen LogP contribution in [0.5, 0.6) is 0 Å².